The fourth-order valence-electron chi connectivity index (χ4n) is 1.56. The average Bonchev–Trinajstić information content (AvgIpc) is 2.26. The molecule has 1 aromatic carbocycles. The van der Waals surface area contributed by atoms with Crippen LogP contribution in [0.25, 0.3) is 0 Å². The van der Waals surface area contributed by atoms with Gasteiger partial charge in [0, 0.05) is 0 Å². The molecule has 0 saturated heterocycles. The van der Waals surface area contributed by atoms with Crippen molar-refractivity contribution < 1.29 is 4.43 Å². The van der Waals surface area contributed by atoms with Crippen LogP contribution in [0, 0.1) is 0 Å². The molecule has 0 amide bonds. The van der Waals surface area contributed by atoms with Crippen LogP contribution >= 0.6 is 0 Å². The van der Waals surface area contributed by atoms with Gasteiger partial charge in [-0.1, -0.05) is 30.3 Å². The van der Waals surface area contributed by atoms with Gasteiger partial charge in [-0.25, -0.2) is 0 Å². The van der Waals surface area contributed by atoms with Crippen molar-refractivity contribution in [1.29, 1.82) is 0 Å². The van der Waals surface area contributed by atoms with E-state index in [0.717, 1.165) is 36.3 Å². The second-order valence-corrected chi connectivity index (χ2v) is 3.89. The summed E-state index contributed by atoms with van der Waals surface area (Å²) in [5.41, 5.74) is 6.75. The van der Waals surface area contributed by atoms with Crippen molar-refractivity contribution in [3.63, 3.8) is 0 Å². The van der Waals surface area contributed by atoms with Crippen LogP contribution in [0.2, 0.25) is 0 Å². The van der Waals surface area contributed by atoms with Crippen LogP contribution in [0.5, 0.6) is 0 Å². The predicted octanol–water partition coefficient (Wildman–Crippen LogP) is 1.15. The average molecular weight is 209 g/mol. The SMILES string of the molecule is NCCCCC(O[SiH3])c1ccccc1. The summed E-state index contributed by atoms with van der Waals surface area (Å²) in [6, 6.07) is 10.4. The van der Waals surface area contributed by atoms with Gasteiger partial charge >= 0.3 is 0 Å². The third-order valence-electron chi connectivity index (χ3n) is 2.38. The third kappa shape index (κ3) is 3.62. The van der Waals surface area contributed by atoms with Gasteiger partial charge < -0.3 is 10.2 Å². The lowest BCUT2D eigenvalue weighted by Crippen LogP contribution is -2.04. The van der Waals surface area contributed by atoms with Crippen molar-refractivity contribution in [3.05, 3.63) is 35.9 Å². The van der Waals surface area contributed by atoms with Crippen molar-refractivity contribution in [2.45, 2.75) is 25.4 Å². The highest BCUT2D eigenvalue weighted by Gasteiger charge is 2.07. The first-order valence-corrected chi connectivity index (χ1v) is 5.98. The molecule has 0 radical (unpaired) electrons. The van der Waals surface area contributed by atoms with E-state index in [2.05, 4.69) is 24.3 Å². The van der Waals surface area contributed by atoms with Gasteiger partial charge in [0.2, 0.25) is 0 Å². The number of unbranched alkanes of at least 4 members (excludes halogenated alkanes) is 1. The monoisotopic (exact) mass is 209 g/mol. The molecule has 14 heavy (non-hydrogen) atoms. The first-order valence-electron chi connectivity index (χ1n) is 5.16. The minimum Gasteiger partial charge on any atom is -0.421 e. The fourth-order valence-corrected chi connectivity index (χ4v) is 2.07. The van der Waals surface area contributed by atoms with Gasteiger partial charge in [-0.15, -0.1) is 0 Å². The summed E-state index contributed by atoms with van der Waals surface area (Å²) in [5.74, 6) is 0. The highest BCUT2D eigenvalue weighted by atomic mass is 28.2. The molecule has 0 aliphatic heterocycles. The number of benzene rings is 1. The molecular weight excluding hydrogens is 190 g/mol. The molecule has 1 rings (SSSR count). The number of rotatable bonds is 6. The van der Waals surface area contributed by atoms with E-state index in [4.69, 9.17) is 10.2 Å². The van der Waals surface area contributed by atoms with Gasteiger partial charge in [-0.2, -0.15) is 0 Å². The van der Waals surface area contributed by atoms with Crippen LogP contribution in [-0.2, 0) is 4.43 Å². The van der Waals surface area contributed by atoms with Crippen LogP contribution in [0.1, 0.15) is 30.9 Å². The minimum atomic E-state index is 0.286. The van der Waals surface area contributed by atoms with Crippen molar-refractivity contribution in [2.75, 3.05) is 6.54 Å². The molecule has 2 nitrogen and oxygen atoms in total. The third-order valence-corrected chi connectivity index (χ3v) is 2.95. The summed E-state index contributed by atoms with van der Waals surface area (Å²) in [6.45, 7) is 0.780. The molecule has 2 N–H and O–H groups in total. The summed E-state index contributed by atoms with van der Waals surface area (Å²) in [6.07, 6.45) is 3.62. The molecule has 0 fully saturated rings. The normalized spacial score (nSPS) is 12.9. The Kier molecular flexibility index (Phi) is 5.52. The van der Waals surface area contributed by atoms with Gasteiger partial charge in [-0.3, -0.25) is 0 Å². The standard InChI is InChI=1S/C11H19NOSi/c12-9-5-4-8-11(13-14)10-6-2-1-3-7-10/h1-3,6-7,11H,4-5,8-9,12H2,14H3. The largest absolute Gasteiger partial charge is 0.421 e. The molecule has 0 aromatic heterocycles. The van der Waals surface area contributed by atoms with Gasteiger partial charge in [-0.05, 0) is 31.4 Å². The zero-order chi connectivity index (χ0) is 10.2. The molecule has 1 unspecified atom stereocenters. The summed E-state index contributed by atoms with van der Waals surface area (Å²) >= 11 is 0. The summed E-state index contributed by atoms with van der Waals surface area (Å²) < 4.78 is 5.58. The maximum absolute atomic E-state index is 5.58. The molecule has 0 aliphatic carbocycles. The van der Waals surface area contributed by atoms with Crippen LogP contribution in [0.15, 0.2) is 30.3 Å². The van der Waals surface area contributed by atoms with E-state index in [1.54, 1.807) is 0 Å². The molecule has 1 aromatic rings. The fraction of sp³-hybridized carbons (Fsp3) is 0.455. The Morgan fingerprint density at radius 1 is 1.21 bits per heavy atom. The highest BCUT2D eigenvalue weighted by Crippen LogP contribution is 2.21. The van der Waals surface area contributed by atoms with E-state index in [1.165, 1.54) is 5.56 Å². The Labute approximate surface area is 89.0 Å². The van der Waals surface area contributed by atoms with E-state index in [0.29, 0.717) is 0 Å². The Hall–Kier alpha value is -0.643. The van der Waals surface area contributed by atoms with Crippen LogP contribution in [-0.4, -0.2) is 17.0 Å². The molecule has 1 atom stereocenters. The predicted molar refractivity (Wildman–Crippen MR) is 63.1 cm³/mol. The Bertz CT molecular complexity index is 240. The molecule has 0 bridgehead atoms. The van der Waals surface area contributed by atoms with Gasteiger partial charge in [0.05, 0.1) is 6.10 Å². The zero-order valence-corrected chi connectivity index (χ0v) is 10.8. The molecule has 0 spiro atoms. The maximum atomic E-state index is 5.58. The zero-order valence-electron chi connectivity index (χ0n) is 8.78. The van der Waals surface area contributed by atoms with E-state index in [-0.39, 0.29) is 6.10 Å². The number of hydrogen-bond donors (Lipinski definition) is 1. The first-order chi connectivity index (χ1) is 6.88. The minimum absolute atomic E-state index is 0.286. The summed E-state index contributed by atoms with van der Waals surface area (Å²) in [7, 11) is 0.794. The van der Waals surface area contributed by atoms with E-state index < -0.39 is 0 Å². The second-order valence-electron chi connectivity index (χ2n) is 3.42. The van der Waals surface area contributed by atoms with Crippen molar-refractivity contribution in [2.24, 2.45) is 5.73 Å². The lowest BCUT2D eigenvalue weighted by Gasteiger charge is -2.15. The molecule has 0 heterocycles. The van der Waals surface area contributed by atoms with Crippen LogP contribution in [0.3, 0.4) is 0 Å². The maximum Gasteiger partial charge on any atom is 0.146 e. The van der Waals surface area contributed by atoms with E-state index in [9.17, 15) is 0 Å². The second kappa shape index (κ2) is 6.76. The summed E-state index contributed by atoms with van der Waals surface area (Å²) in [5, 5.41) is 0. The quantitative estimate of drug-likeness (QED) is 0.563. The Morgan fingerprint density at radius 3 is 2.50 bits per heavy atom. The van der Waals surface area contributed by atoms with Crippen molar-refractivity contribution in [1.82, 2.24) is 0 Å². The molecule has 0 aliphatic rings. The van der Waals surface area contributed by atoms with Crippen LogP contribution in [0.4, 0.5) is 0 Å². The van der Waals surface area contributed by atoms with Crippen molar-refractivity contribution >= 4 is 10.5 Å². The first kappa shape index (κ1) is 11.4. The molecule has 78 valence electrons. The van der Waals surface area contributed by atoms with Crippen LogP contribution < -0.4 is 5.73 Å². The highest BCUT2D eigenvalue weighted by molar-refractivity contribution is 5.98. The molecular formula is C11H19NOSi. The van der Waals surface area contributed by atoms with Gasteiger partial charge in [0.1, 0.15) is 10.5 Å². The van der Waals surface area contributed by atoms with E-state index >= 15 is 0 Å². The Morgan fingerprint density at radius 2 is 1.93 bits per heavy atom. The lowest BCUT2D eigenvalue weighted by molar-refractivity contribution is 0.210. The van der Waals surface area contributed by atoms with Crippen molar-refractivity contribution in [3.8, 4) is 0 Å². The Balaban J connectivity index is 2.46. The molecule has 0 saturated carbocycles. The smallest absolute Gasteiger partial charge is 0.146 e. The summed E-state index contributed by atoms with van der Waals surface area (Å²) in [4.78, 5) is 0. The number of hydrogen-bond acceptors (Lipinski definition) is 2. The molecule has 3 heteroatoms. The topological polar surface area (TPSA) is 35.2 Å². The van der Waals surface area contributed by atoms with Gasteiger partial charge in [0.25, 0.3) is 0 Å². The lowest BCUT2D eigenvalue weighted by atomic mass is 10.0. The van der Waals surface area contributed by atoms with Gasteiger partial charge in [0.15, 0.2) is 0 Å². The number of nitrogens with two attached hydrogens (primary N) is 1. The van der Waals surface area contributed by atoms with E-state index in [1.807, 2.05) is 6.07 Å².